The molecular weight excluding hydrogens is 308 g/mol. The maximum Gasteiger partial charge on any atom is 0.226 e. The highest BCUT2D eigenvalue weighted by Gasteiger charge is 2.14. The van der Waals surface area contributed by atoms with Gasteiger partial charge in [0.15, 0.2) is 0 Å². The zero-order chi connectivity index (χ0) is 16.1. The molecule has 0 aliphatic rings. The topological polar surface area (TPSA) is 55.1 Å². The average molecular weight is 326 g/mol. The standard InChI is InChI=1S/C18H18N2O2S/c1-13-16(20-18(22-13)14-6-3-2-4-7-14)12-17(21)19-10-9-15-8-5-11-23-15/h2-8,11H,9-10,12H2,1H3,(H,19,21). The van der Waals surface area contributed by atoms with E-state index in [4.69, 9.17) is 4.42 Å². The Morgan fingerprint density at radius 1 is 1.22 bits per heavy atom. The second-order valence-electron chi connectivity index (χ2n) is 5.24. The number of carbonyl (C=O) groups is 1. The molecule has 0 radical (unpaired) electrons. The van der Waals surface area contributed by atoms with E-state index in [1.807, 2.05) is 48.7 Å². The number of nitrogens with one attached hydrogen (secondary N) is 1. The fraction of sp³-hybridized carbons (Fsp3) is 0.222. The van der Waals surface area contributed by atoms with E-state index in [1.165, 1.54) is 4.88 Å². The zero-order valence-corrected chi connectivity index (χ0v) is 13.7. The lowest BCUT2D eigenvalue weighted by molar-refractivity contribution is -0.120. The van der Waals surface area contributed by atoms with Gasteiger partial charge in [-0.2, -0.15) is 0 Å². The molecule has 1 aromatic carbocycles. The predicted molar refractivity (Wildman–Crippen MR) is 91.4 cm³/mol. The van der Waals surface area contributed by atoms with Crippen LogP contribution in [-0.4, -0.2) is 17.4 Å². The number of oxazole rings is 1. The number of hydrogen-bond donors (Lipinski definition) is 1. The molecule has 0 saturated heterocycles. The van der Waals surface area contributed by atoms with Crippen LogP contribution in [0, 0.1) is 6.92 Å². The Hall–Kier alpha value is -2.40. The van der Waals surface area contributed by atoms with Gasteiger partial charge in [0.1, 0.15) is 5.76 Å². The van der Waals surface area contributed by atoms with Crippen molar-refractivity contribution >= 4 is 17.2 Å². The van der Waals surface area contributed by atoms with Crippen LogP contribution in [0.1, 0.15) is 16.3 Å². The van der Waals surface area contributed by atoms with E-state index < -0.39 is 0 Å². The van der Waals surface area contributed by atoms with Gasteiger partial charge in [-0.1, -0.05) is 24.3 Å². The molecule has 0 saturated carbocycles. The molecule has 4 nitrogen and oxygen atoms in total. The van der Waals surface area contributed by atoms with Crippen molar-refractivity contribution in [3.8, 4) is 11.5 Å². The SMILES string of the molecule is Cc1oc(-c2ccccc2)nc1CC(=O)NCCc1cccs1. The molecule has 0 fully saturated rings. The number of aryl methyl sites for hydroxylation is 1. The largest absolute Gasteiger partial charge is 0.441 e. The Morgan fingerprint density at radius 3 is 2.78 bits per heavy atom. The number of hydrogen-bond acceptors (Lipinski definition) is 4. The third-order valence-corrected chi connectivity index (χ3v) is 4.45. The van der Waals surface area contributed by atoms with Crippen molar-refractivity contribution in [2.24, 2.45) is 0 Å². The van der Waals surface area contributed by atoms with Crippen LogP contribution in [0.4, 0.5) is 0 Å². The van der Waals surface area contributed by atoms with Crippen LogP contribution in [0.3, 0.4) is 0 Å². The summed E-state index contributed by atoms with van der Waals surface area (Å²) in [7, 11) is 0. The fourth-order valence-electron chi connectivity index (χ4n) is 2.29. The molecule has 118 valence electrons. The molecule has 0 spiro atoms. The molecule has 3 rings (SSSR count). The number of nitrogens with zero attached hydrogens (tertiary/aromatic N) is 1. The minimum absolute atomic E-state index is 0.0300. The molecule has 1 amide bonds. The first-order valence-electron chi connectivity index (χ1n) is 7.53. The quantitative estimate of drug-likeness (QED) is 0.753. The van der Waals surface area contributed by atoms with E-state index in [0.717, 1.165) is 12.0 Å². The van der Waals surface area contributed by atoms with Crippen LogP contribution < -0.4 is 5.32 Å². The van der Waals surface area contributed by atoms with Crippen molar-refractivity contribution in [3.63, 3.8) is 0 Å². The lowest BCUT2D eigenvalue weighted by atomic mass is 10.2. The Balaban J connectivity index is 1.57. The number of amides is 1. The predicted octanol–water partition coefficient (Wildman–Crippen LogP) is 3.61. The summed E-state index contributed by atoms with van der Waals surface area (Å²) in [4.78, 5) is 17.8. The highest BCUT2D eigenvalue weighted by atomic mass is 32.1. The van der Waals surface area contributed by atoms with Crippen molar-refractivity contribution in [1.82, 2.24) is 10.3 Å². The van der Waals surface area contributed by atoms with Gasteiger partial charge < -0.3 is 9.73 Å². The van der Waals surface area contributed by atoms with Gasteiger partial charge in [0.05, 0.1) is 12.1 Å². The Morgan fingerprint density at radius 2 is 2.04 bits per heavy atom. The summed E-state index contributed by atoms with van der Waals surface area (Å²) in [5, 5.41) is 4.97. The molecule has 2 heterocycles. The van der Waals surface area contributed by atoms with E-state index in [-0.39, 0.29) is 12.3 Å². The van der Waals surface area contributed by atoms with Crippen molar-refractivity contribution < 1.29 is 9.21 Å². The fourth-order valence-corrected chi connectivity index (χ4v) is 3.00. The van der Waals surface area contributed by atoms with Gasteiger partial charge in [-0.25, -0.2) is 4.98 Å². The molecule has 23 heavy (non-hydrogen) atoms. The Bertz CT molecular complexity index is 764. The Labute approximate surface area is 139 Å². The minimum atomic E-state index is -0.0300. The number of thiophene rings is 1. The summed E-state index contributed by atoms with van der Waals surface area (Å²) in [6.45, 7) is 2.48. The van der Waals surface area contributed by atoms with Gasteiger partial charge in [0.25, 0.3) is 0 Å². The van der Waals surface area contributed by atoms with Gasteiger partial charge in [-0.05, 0) is 36.9 Å². The summed E-state index contributed by atoms with van der Waals surface area (Å²) in [5.74, 6) is 1.22. The zero-order valence-electron chi connectivity index (χ0n) is 12.9. The molecule has 0 unspecified atom stereocenters. The third-order valence-electron chi connectivity index (χ3n) is 3.52. The first kappa shape index (κ1) is 15.5. The van der Waals surface area contributed by atoms with Crippen molar-refractivity contribution in [2.45, 2.75) is 19.8 Å². The summed E-state index contributed by atoms with van der Waals surface area (Å²) in [5.41, 5.74) is 1.61. The molecule has 0 bridgehead atoms. The normalized spacial score (nSPS) is 10.7. The molecular formula is C18H18N2O2S. The molecule has 0 aliphatic heterocycles. The summed E-state index contributed by atoms with van der Waals surface area (Å²) < 4.78 is 5.68. The van der Waals surface area contributed by atoms with Crippen molar-refractivity contribution in [3.05, 3.63) is 64.2 Å². The van der Waals surface area contributed by atoms with Crippen LogP contribution >= 0.6 is 11.3 Å². The molecule has 5 heteroatoms. The first-order valence-corrected chi connectivity index (χ1v) is 8.41. The van der Waals surface area contributed by atoms with Gasteiger partial charge in [-0.15, -0.1) is 11.3 Å². The second-order valence-corrected chi connectivity index (χ2v) is 6.28. The van der Waals surface area contributed by atoms with Crippen LogP contribution in [0.15, 0.2) is 52.3 Å². The molecule has 0 aliphatic carbocycles. The number of aromatic nitrogens is 1. The van der Waals surface area contributed by atoms with Crippen molar-refractivity contribution in [2.75, 3.05) is 6.54 Å². The summed E-state index contributed by atoms with van der Waals surface area (Å²) in [6.07, 6.45) is 1.10. The lowest BCUT2D eigenvalue weighted by Gasteiger charge is -2.02. The van der Waals surface area contributed by atoms with Crippen LogP contribution in [0.5, 0.6) is 0 Å². The molecule has 1 N–H and O–H groups in total. The van der Waals surface area contributed by atoms with E-state index in [9.17, 15) is 4.79 Å². The van der Waals surface area contributed by atoms with Crippen molar-refractivity contribution in [1.29, 1.82) is 0 Å². The number of benzene rings is 1. The van der Waals surface area contributed by atoms with E-state index >= 15 is 0 Å². The third kappa shape index (κ3) is 4.07. The van der Waals surface area contributed by atoms with E-state index in [0.29, 0.717) is 23.9 Å². The van der Waals surface area contributed by atoms with Crippen LogP contribution in [0.2, 0.25) is 0 Å². The summed E-state index contributed by atoms with van der Waals surface area (Å²) in [6, 6.07) is 13.8. The summed E-state index contributed by atoms with van der Waals surface area (Å²) >= 11 is 1.70. The molecule has 2 aromatic heterocycles. The first-order chi connectivity index (χ1) is 11.2. The monoisotopic (exact) mass is 326 g/mol. The lowest BCUT2D eigenvalue weighted by Crippen LogP contribution is -2.27. The highest BCUT2D eigenvalue weighted by molar-refractivity contribution is 7.09. The molecule has 0 atom stereocenters. The van der Waals surface area contributed by atoms with Gasteiger partial charge in [-0.3, -0.25) is 4.79 Å². The Kier molecular flexibility index (Phi) is 4.88. The van der Waals surface area contributed by atoms with Gasteiger partial charge in [0.2, 0.25) is 11.8 Å². The van der Waals surface area contributed by atoms with Crippen LogP contribution in [-0.2, 0) is 17.6 Å². The van der Waals surface area contributed by atoms with E-state index in [1.54, 1.807) is 11.3 Å². The number of rotatable bonds is 6. The highest BCUT2D eigenvalue weighted by Crippen LogP contribution is 2.21. The number of carbonyl (C=O) groups excluding carboxylic acids is 1. The smallest absolute Gasteiger partial charge is 0.226 e. The van der Waals surface area contributed by atoms with Gasteiger partial charge >= 0.3 is 0 Å². The second kappa shape index (κ2) is 7.24. The van der Waals surface area contributed by atoms with Gasteiger partial charge in [0, 0.05) is 17.0 Å². The maximum absolute atomic E-state index is 12.0. The van der Waals surface area contributed by atoms with Crippen LogP contribution in [0.25, 0.3) is 11.5 Å². The minimum Gasteiger partial charge on any atom is -0.441 e. The molecule has 3 aromatic rings. The average Bonchev–Trinajstić information content (AvgIpc) is 3.19. The van der Waals surface area contributed by atoms with E-state index in [2.05, 4.69) is 16.4 Å². The maximum atomic E-state index is 12.0.